The molecule has 2 rings (SSSR count). The molecule has 1 amide bonds. The van der Waals surface area contributed by atoms with Crippen molar-refractivity contribution in [1.29, 1.82) is 0 Å². The maximum Gasteiger partial charge on any atom is 0.238 e. The number of rotatable bonds is 5. The summed E-state index contributed by atoms with van der Waals surface area (Å²) in [5, 5.41) is 3.24. The van der Waals surface area contributed by atoms with Crippen molar-refractivity contribution < 1.29 is 14.3 Å². The molecule has 0 radical (unpaired) electrons. The van der Waals surface area contributed by atoms with Gasteiger partial charge in [-0.3, -0.25) is 4.79 Å². The van der Waals surface area contributed by atoms with Crippen LogP contribution in [0.25, 0.3) is 0 Å². The molecular weight excluding hydrogens is 244 g/mol. The summed E-state index contributed by atoms with van der Waals surface area (Å²) in [5.41, 5.74) is 5.93. The fourth-order valence-corrected chi connectivity index (χ4v) is 2.59. The molecule has 1 fully saturated rings. The van der Waals surface area contributed by atoms with Crippen LogP contribution in [0.15, 0.2) is 18.2 Å². The first-order valence-electron chi connectivity index (χ1n) is 6.37. The zero-order valence-corrected chi connectivity index (χ0v) is 11.4. The minimum Gasteiger partial charge on any atom is -0.493 e. The summed E-state index contributed by atoms with van der Waals surface area (Å²) < 4.78 is 10.5. The van der Waals surface area contributed by atoms with Gasteiger partial charge in [-0.25, -0.2) is 0 Å². The van der Waals surface area contributed by atoms with Gasteiger partial charge < -0.3 is 20.5 Å². The van der Waals surface area contributed by atoms with Crippen molar-refractivity contribution in [2.75, 3.05) is 20.8 Å². The molecule has 5 heteroatoms. The largest absolute Gasteiger partial charge is 0.493 e. The lowest BCUT2D eigenvalue weighted by Gasteiger charge is -2.26. The lowest BCUT2D eigenvalue weighted by atomic mass is 9.88. The summed E-state index contributed by atoms with van der Waals surface area (Å²) in [7, 11) is 3.19. The van der Waals surface area contributed by atoms with Crippen LogP contribution in [0.4, 0.5) is 0 Å². The number of nitrogens with two attached hydrogens (primary N) is 1. The number of amides is 1. The van der Waals surface area contributed by atoms with Crippen LogP contribution < -0.4 is 20.5 Å². The van der Waals surface area contributed by atoms with E-state index < -0.39 is 5.54 Å². The Labute approximate surface area is 113 Å². The van der Waals surface area contributed by atoms with Gasteiger partial charge in [0.15, 0.2) is 11.5 Å². The second kappa shape index (κ2) is 5.48. The van der Waals surface area contributed by atoms with Crippen LogP contribution in [0.1, 0.15) is 18.4 Å². The van der Waals surface area contributed by atoms with Gasteiger partial charge in [-0.2, -0.15) is 0 Å². The highest BCUT2D eigenvalue weighted by Gasteiger charge is 2.39. The van der Waals surface area contributed by atoms with E-state index in [1.54, 1.807) is 14.2 Å². The highest BCUT2D eigenvalue weighted by Crippen LogP contribution is 2.31. The van der Waals surface area contributed by atoms with Gasteiger partial charge in [-0.05, 0) is 43.5 Å². The molecule has 5 nitrogen and oxygen atoms in total. The van der Waals surface area contributed by atoms with E-state index >= 15 is 0 Å². The molecule has 0 spiro atoms. The molecule has 1 aromatic carbocycles. The van der Waals surface area contributed by atoms with Crippen molar-refractivity contribution in [2.45, 2.75) is 24.8 Å². The van der Waals surface area contributed by atoms with Crippen LogP contribution in [-0.4, -0.2) is 32.2 Å². The number of benzene rings is 1. The zero-order chi connectivity index (χ0) is 13.9. The molecule has 1 aliphatic heterocycles. The van der Waals surface area contributed by atoms with Crippen LogP contribution in [0, 0.1) is 0 Å². The Kier molecular flexibility index (Phi) is 3.95. The zero-order valence-electron chi connectivity index (χ0n) is 11.4. The van der Waals surface area contributed by atoms with E-state index in [4.69, 9.17) is 15.2 Å². The minimum absolute atomic E-state index is 0.292. The van der Waals surface area contributed by atoms with Crippen LogP contribution in [0.5, 0.6) is 11.5 Å². The lowest BCUT2D eigenvalue weighted by molar-refractivity contribution is -0.123. The molecule has 1 heterocycles. The highest BCUT2D eigenvalue weighted by molar-refractivity contribution is 5.85. The molecule has 0 saturated carbocycles. The molecule has 1 atom stereocenters. The summed E-state index contributed by atoms with van der Waals surface area (Å²) >= 11 is 0. The third-order valence-corrected chi connectivity index (χ3v) is 3.67. The van der Waals surface area contributed by atoms with Crippen LogP contribution in [0.3, 0.4) is 0 Å². The Bertz CT molecular complexity index is 468. The number of primary amides is 1. The third kappa shape index (κ3) is 2.66. The van der Waals surface area contributed by atoms with Crippen LogP contribution in [-0.2, 0) is 11.2 Å². The van der Waals surface area contributed by atoms with Gasteiger partial charge >= 0.3 is 0 Å². The normalized spacial score (nSPS) is 22.2. The van der Waals surface area contributed by atoms with Crippen molar-refractivity contribution in [3.8, 4) is 11.5 Å². The Morgan fingerprint density at radius 3 is 2.63 bits per heavy atom. The lowest BCUT2D eigenvalue weighted by Crippen LogP contribution is -2.53. The first-order valence-corrected chi connectivity index (χ1v) is 6.37. The topological polar surface area (TPSA) is 73.6 Å². The van der Waals surface area contributed by atoms with Crippen molar-refractivity contribution in [1.82, 2.24) is 5.32 Å². The van der Waals surface area contributed by atoms with Gasteiger partial charge in [0.25, 0.3) is 0 Å². The van der Waals surface area contributed by atoms with Crippen molar-refractivity contribution in [2.24, 2.45) is 5.73 Å². The van der Waals surface area contributed by atoms with E-state index in [0.29, 0.717) is 17.9 Å². The number of carbonyl (C=O) groups is 1. The smallest absolute Gasteiger partial charge is 0.238 e. The van der Waals surface area contributed by atoms with E-state index in [0.717, 1.165) is 24.9 Å². The Morgan fingerprint density at radius 1 is 1.37 bits per heavy atom. The number of ether oxygens (including phenoxy) is 2. The maximum absolute atomic E-state index is 11.7. The van der Waals surface area contributed by atoms with E-state index in [2.05, 4.69) is 5.32 Å². The summed E-state index contributed by atoms with van der Waals surface area (Å²) in [6, 6.07) is 5.67. The minimum atomic E-state index is -0.625. The molecule has 3 N–H and O–H groups in total. The second-order valence-corrected chi connectivity index (χ2v) is 4.84. The highest BCUT2D eigenvalue weighted by atomic mass is 16.5. The van der Waals surface area contributed by atoms with E-state index in [-0.39, 0.29) is 5.91 Å². The average molecular weight is 264 g/mol. The standard InChI is InChI=1S/C14H20N2O3/c1-18-11-5-4-10(8-12(11)19-2)9-14(13(15)17)6-3-7-16-14/h4-5,8,16H,3,6-7,9H2,1-2H3,(H2,15,17). The molecule has 19 heavy (non-hydrogen) atoms. The monoisotopic (exact) mass is 264 g/mol. The molecule has 0 aromatic heterocycles. The van der Waals surface area contributed by atoms with Crippen molar-refractivity contribution in [3.05, 3.63) is 23.8 Å². The maximum atomic E-state index is 11.7. The van der Waals surface area contributed by atoms with Crippen LogP contribution in [0.2, 0.25) is 0 Å². The molecule has 1 aromatic rings. The van der Waals surface area contributed by atoms with Gasteiger partial charge in [0.1, 0.15) is 5.54 Å². The average Bonchev–Trinajstić information content (AvgIpc) is 2.88. The molecule has 104 valence electrons. The number of hydrogen-bond acceptors (Lipinski definition) is 4. The van der Waals surface area contributed by atoms with E-state index in [9.17, 15) is 4.79 Å². The van der Waals surface area contributed by atoms with Gasteiger partial charge in [-0.1, -0.05) is 6.07 Å². The number of hydrogen-bond donors (Lipinski definition) is 2. The summed E-state index contributed by atoms with van der Waals surface area (Å²) in [5.74, 6) is 1.05. The summed E-state index contributed by atoms with van der Waals surface area (Å²) in [4.78, 5) is 11.7. The van der Waals surface area contributed by atoms with Crippen LogP contribution >= 0.6 is 0 Å². The second-order valence-electron chi connectivity index (χ2n) is 4.84. The predicted octanol–water partition coefficient (Wildman–Crippen LogP) is 0.854. The summed E-state index contributed by atoms with van der Waals surface area (Å²) in [6.07, 6.45) is 2.32. The van der Waals surface area contributed by atoms with E-state index in [1.165, 1.54) is 0 Å². The van der Waals surface area contributed by atoms with E-state index in [1.807, 2.05) is 18.2 Å². The molecule has 0 bridgehead atoms. The number of nitrogens with one attached hydrogen (secondary N) is 1. The number of methoxy groups -OCH3 is 2. The SMILES string of the molecule is COc1ccc(CC2(C(N)=O)CCCN2)cc1OC. The Hall–Kier alpha value is -1.75. The quantitative estimate of drug-likeness (QED) is 0.827. The Balaban J connectivity index is 2.25. The molecule has 1 unspecified atom stereocenters. The molecule has 1 saturated heterocycles. The molecule has 1 aliphatic rings. The van der Waals surface area contributed by atoms with Gasteiger partial charge in [-0.15, -0.1) is 0 Å². The van der Waals surface area contributed by atoms with Crippen molar-refractivity contribution in [3.63, 3.8) is 0 Å². The number of carbonyl (C=O) groups excluding carboxylic acids is 1. The van der Waals surface area contributed by atoms with Gasteiger partial charge in [0.2, 0.25) is 5.91 Å². The first kappa shape index (κ1) is 13.7. The predicted molar refractivity (Wildman–Crippen MR) is 72.4 cm³/mol. The first-order chi connectivity index (χ1) is 9.11. The van der Waals surface area contributed by atoms with Gasteiger partial charge in [0.05, 0.1) is 14.2 Å². The molecular formula is C14H20N2O3. The summed E-state index contributed by atoms with van der Waals surface area (Å²) in [6.45, 7) is 0.830. The third-order valence-electron chi connectivity index (χ3n) is 3.67. The fraction of sp³-hybridized carbons (Fsp3) is 0.500. The molecule has 0 aliphatic carbocycles. The van der Waals surface area contributed by atoms with Crippen molar-refractivity contribution >= 4 is 5.91 Å². The Morgan fingerprint density at radius 2 is 2.11 bits per heavy atom. The van der Waals surface area contributed by atoms with Gasteiger partial charge in [0, 0.05) is 0 Å². The fourth-order valence-electron chi connectivity index (χ4n) is 2.59.